The standard InChI is InChI=1S/C13H19BrN2O2/c1-2-15-7-10-6-11(14)8-16-13(10)18-9-12-4-3-5-17-12/h6,8,12,15H,2-5,7,9H2,1H3. The lowest BCUT2D eigenvalue weighted by atomic mass is 10.2. The highest BCUT2D eigenvalue weighted by Crippen LogP contribution is 2.21. The summed E-state index contributed by atoms with van der Waals surface area (Å²) in [7, 11) is 0. The van der Waals surface area contributed by atoms with E-state index in [-0.39, 0.29) is 6.10 Å². The Morgan fingerprint density at radius 3 is 3.22 bits per heavy atom. The van der Waals surface area contributed by atoms with Crippen LogP contribution >= 0.6 is 15.9 Å². The second-order valence-corrected chi connectivity index (χ2v) is 5.26. The Labute approximate surface area is 116 Å². The average molecular weight is 315 g/mol. The smallest absolute Gasteiger partial charge is 0.217 e. The summed E-state index contributed by atoms with van der Waals surface area (Å²) in [6, 6.07) is 2.04. The van der Waals surface area contributed by atoms with E-state index in [4.69, 9.17) is 9.47 Å². The van der Waals surface area contributed by atoms with Crippen molar-refractivity contribution in [1.82, 2.24) is 10.3 Å². The van der Waals surface area contributed by atoms with E-state index in [1.165, 1.54) is 0 Å². The molecular formula is C13H19BrN2O2. The number of aromatic nitrogens is 1. The highest BCUT2D eigenvalue weighted by Gasteiger charge is 2.17. The van der Waals surface area contributed by atoms with Crippen LogP contribution in [0.1, 0.15) is 25.3 Å². The minimum atomic E-state index is 0.224. The van der Waals surface area contributed by atoms with Gasteiger partial charge in [0.15, 0.2) is 0 Å². The maximum Gasteiger partial charge on any atom is 0.217 e. The van der Waals surface area contributed by atoms with Crippen molar-refractivity contribution in [3.63, 3.8) is 0 Å². The number of hydrogen-bond acceptors (Lipinski definition) is 4. The van der Waals surface area contributed by atoms with Crippen molar-refractivity contribution in [2.24, 2.45) is 0 Å². The lowest BCUT2D eigenvalue weighted by molar-refractivity contribution is 0.0659. The largest absolute Gasteiger partial charge is 0.475 e. The minimum Gasteiger partial charge on any atom is -0.475 e. The third kappa shape index (κ3) is 3.93. The van der Waals surface area contributed by atoms with Crippen LogP contribution in [0.4, 0.5) is 0 Å². The normalized spacial score (nSPS) is 19.1. The molecule has 1 fully saturated rings. The summed E-state index contributed by atoms with van der Waals surface area (Å²) in [5.74, 6) is 0.703. The molecule has 0 aliphatic carbocycles. The fraction of sp³-hybridized carbons (Fsp3) is 0.615. The third-order valence-corrected chi connectivity index (χ3v) is 3.32. The van der Waals surface area contributed by atoms with E-state index in [2.05, 4.69) is 33.2 Å². The Kier molecular flexibility index (Phi) is 5.41. The zero-order valence-electron chi connectivity index (χ0n) is 10.6. The molecule has 0 aromatic carbocycles. The van der Waals surface area contributed by atoms with Crippen LogP contribution in [0.5, 0.6) is 5.88 Å². The molecule has 0 amide bonds. The van der Waals surface area contributed by atoms with Gasteiger partial charge in [0.2, 0.25) is 5.88 Å². The van der Waals surface area contributed by atoms with Gasteiger partial charge in [-0.2, -0.15) is 0 Å². The SMILES string of the molecule is CCNCc1cc(Br)cnc1OCC1CCCO1. The molecule has 2 heterocycles. The highest BCUT2D eigenvalue weighted by atomic mass is 79.9. The van der Waals surface area contributed by atoms with Gasteiger partial charge in [-0.1, -0.05) is 6.92 Å². The Morgan fingerprint density at radius 2 is 2.50 bits per heavy atom. The molecule has 4 nitrogen and oxygen atoms in total. The van der Waals surface area contributed by atoms with Crippen LogP contribution in [0.3, 0.4) is 0 Å². The quantitative estimate of drug-likeness (QED) is 0.876. The molecule has 1 aromatic rings. The topological polar surface area (TPSA) is 43.4 Å². The van der Waals surface area contributed by atoms with E-state index in [0.717, 1.165) is 42.6 Å². The predicted octanol–water partition coefficient (Wildman–Crippen LogP) is 2.51. The van der Waals surface area contributed by atoms with Gasteiger partial charge in [0, 0.05) is 29.4 Å². The second-order valence-electron chi connectivity index (χ2n) is 4.34. The molecular weight excluding hydrogens is 296 g/mol. The van der Waals surface area contributed by atoms with Crippen molar-refractivity contribution in [1.29, 1.82) is 0 Å². The van der Waals surface area contributed by atoms with Crippen LogP contribution in [0.2, 0.25) is 0 Å². The summed E-state index contributed by atoms with van der Waals surface area (Å²) < 4.78 is 12.3. The molecule has 0 bridgehead atoms. The van der Waals surface area contributed by atoms with Gasteiger partial charge in [-0.05, 0) is 41.4 Å². The Hall–Kier alpha value is -0.650. The summed E-state index contributed by atoms with van der Waals surface area (Å²) in [5.41, 5.74) is 1.07. The van der Waals surface area contributed by atoms with E-state index in [1.54, 1.807) is 6.20 Å². The molecule has 1 atom stereocenters. The average Bonchev–Trinajstić information content (AvgIpc) is 2.88. The second kappa shape index (κ2) is 7.07. The molecule has 1 N–H and O–H groups in total. The summed E-state index contributed by atoms with van der Waals surface area (Å²) in [6.07, 6.45) is 4.20. The van der Waals surface area contributed by atoms with Crippen molar-refractivity contribution in [3.05, 3.63) is 22.3 Å². The molecule has 100 valence electrons. The molecule has 1 aromatic heterocycles. The molecule has 5 heteroatoms. The highest BCUT2D eigenvalue weighted by molar-refractivity contribution is 9.10. The minimum absolute atomic E-state index is 0.224. The number of pyridine rings is 1. The molecule has 0 radical (unpaired) electrons. The molecule has 1 aliphatic rings. The van der Waals surface area contributed by atoms with E-state index in [1.807, 2.05) is 6.07 Å². The molecule has 1 saturated heterocycles. The van der Waals surface area contributed by atoms with Crippen LogP contribution in [0.25, 0.3) is 0 Å². The number of rotatable bonds is 6. The van der Waals surface area contributed by atoms with Gasteiger partial charge in [0.05, 0.1) is 6.10 Å². The molecule has 1 aliphatic heterocycles. The van der Waals surface area contributed by atoms with Crippen molar-refractivity contribution in [3.8, 4) is 5.88 Å². The number of hydrogen-bond donors (Lipinski definition) is 1. The van der Waals surface area contributed by atoms with Crippen LogP contribution in [-0.4, -0.2) is 30.8 Å². The summed E-state index contributed by atoms with van der Waals surface area (Å²) >= 11 is 3.44. The first kappa shape index (κ1) is 13.8. The lowest BCUT2D eigenvalue weighted by Gasteiger charge is -2.14. The van der Waals surface area contributed by atoms with Crippen LogP contribution < -0.4 is 10.1 Å². The van der Waals surface area contributed by atoms with Crippen molar-refractivity contribution in [2.45, 2.75) is 32.4 Å². The molecule has 0 saturated carbocycles. The Bertz CT molecular complexity index is 381. The van der Waals surface area contributed by atoms with Gasteiger partial charge >= 0.3 is 0 Å². The monoisotopic (exact) mass is 314 g/mol. The first-order valence-corrected chi connectivity index (χ1v) is 7.18. The van der Waals surface area contributed by atoms with Gasteiger partial charge in [-0.3, -0.25) is 0 Å². The van der Waals surface area contributed by atoms with Crippen LogP contribution in [-0.2, 0) is 11.3 Å². The number of nitrogens with one attached hydrogen (secondary N) is 1. The lowest BCUT2D eigenvalue weighted by Crippen LogP contribution is -2.19. The zero-order valence-corrected chi connectivity index (χ0v) is 12.2. The van der Waals surface area contributed by atoms with E-state index in [9.17, 15) is 0 Å². The van der Waals surface area contributed by atoms with Crippen molar-refractivity contribution >= 4 is 15.9 Å². The predicted molar refractivity (Wildman–Crippen MR) is 73.8 cm³/mol. The van der Waals surface area contributed by atoms with Crippen LogP contribution in [0, 0.1) is 0 Å². The van der Waals surface area contributed by atoms with Crippen LogP contribution in [0.15, 0.2) is 16.7 Å². The number of nitrogens with zero attached hydrogens (tertiary/aromatic N) is 1. The first-order chi connectivity index (χ1) is 8.79. The van der Waals surface area contributed by atoms with E-state index in [0.29, 0.717) is 12.5 Å². The van der Waals surface area contributed by atoms with E-state index < -0.39 is 0 Å². The number of halogens is 1. The fourth-order valence-corrected chi connectivity index (χ4v) is 2.31. The van der Waals surface area contributed by atoms with Gasteiger partial charge in [-0.25, -0.2) is 4.98 Å². The molecule has 2 rings (SSSR count). The zero-order chi connectivity index (χ0) is 12.8. The maximum atomic E-state index is 5.78. The maximum absolute atomic E-state index is 5.78. The van der Waals surface area contributed by atoms with Gasteiger partial charge in [0.25, 0.3) is 0 Å². The van der Waals surface area contributed by atoms with Gasteiger partial charge < -0.3 is 14.8 Å². The number of ether oxygens (including phenoxy) is 2. The summed E-state index contributed by atoms with van der Waals surface area (Å²) in [6.45, 7) is 5.22. The Balaban J connectivity index is 1.96. The van der Waals surface area contributed by atoms with Crippen molar-refractivity contribution < 1.29 is 9.47 Å². The summed E-state index contributed by atoms with van der Waals surface area (Å²) in [5, 5.41) is 3.29. The van der Waals surface area contributed by atoms with Gasteiger partial charge in [-0.15, -0.1) is 0 Å². The van der Waals surface area contributed by atoms with E-state index >= 15 is 0 Å². The first-order valence-electron chi connectivity index (χ1n) is 6.39. The molecule has 0 spiro atoms. The Morgan fingerprint density at radius 1 is 1.61 bits per heavy atom. The molecule has 1 unspecified atom stereocenters. The van der Waals surface area contributed by atoms with Gasteiger partial charge in [0.1, 0.15) is 6.61 Å². The fourth-order valence-electron chi connectivity index (χ4n) is 1.93. The third-order valence-electron chi connectivity index (χ3n) is 2.89. The summed E-state index contributed by atoms with van der Waals surface area (Å²) in [4.78, 5) is 4.33. The molecule has 18 heavy (non-hydrogen) atoms. The van der Waals surface area contributed by atoms with Crippen molar-refractivity contribution in [2.75, 3.05) is 19.8 Å².